The van der Waals surface area contributed by atoms with Crippen molar-refractivity contribution in [2.45, 2.75) is 27.7 Å². The average molecular weight is 1300 g/mol. The van der Waals surface area contributed by atoms with Crippen molar-refractivity contribution in [2.75, 3.05) is 34.4 Å². The molecule has 2 aromatic carbocycles. The van der Waals surface area contributed by atoms with Gasteiger partial charge < -0.3 is 43.9 Å². The van der Waals surface area contributed by atoms with Gasteiger partial charge in [0.25, 0.3) is 0 Å². The minimum absolute atomic E-state index is 0. The summed E-state index contributed by atoms with van der Waals surface area (Å²) in [6.45, 7) is 5.66. The summed E-state index contributed by atoms with van der Waals surface area (Å²) in [6.07, 6.45) is 0. The fourth-order valence-electron chi connectivity index (χ4n) is 2.99. The van der Waals surface area contributed by atoms with Crippen molar-refractivity contribution >= 4 is 231 Å². The molecule has 0 aliphatic rings. The van der Waals surface area contributed by atoms with Crippen LogP contribution >= 0.6 is 136 Å². The van der Waals surface area contributed by atoms with E-state index >= 15 is 0 Å². The zero-order valence-corrected chi connectivity index (χ0v) is 37.8. The second-order valence-corrected chi connectivity index (χ2v) is 14.7. The fourth-order valence-corrected chi connectivity index (χ4v) is 11.5. The molecule has 2 aromatic rings. The number of Topliss-reactive ketones (excluding diaryl/α,β-unsaturated/α-hetero) is 2. The first-order valence-electron chi connectivity index (χ1n) is 11.2. The summed E-state index contributed by atoms with van der Waals surface area (Å²) >= 11 is 11.5. The van der Waals surface area contributed by atoms with E-state index in [1.54, 1.807) is 0 Å². The summed E-state index contributed by atoms with van der Waals surface area (Å²) in [5.41, 5.74) is 1.77. The molecule has 12 nitrogen and oxygen atoms in total. The summed E-state index contributed by atoms with van der Waals surface area (Å²) in [4.78, 5) is 67.6. The molecule has 0 heterocycles. The predicted molar refractivity (Wildman–Crippen MR) is 213 cm³/mol. The summed E-state index contributed by atoms with van der Waals surface area (Å²) in [5.74, 6) is -3.47. The number of anilines is 4. The van der Waals surface area contributed by atoms with E-state index in [4.69, 9.17) is 0 Å². The minimum atomic E-state index is -1.34. The van der Waals surface area contributed by atoms with E-state index in [9.17, 15) is 39.0 Å². The average Bonchev–Trinajstić information content (AvgIpc) is 2.83. The normalized spacial score (nSPS) is 9.91. The van der Waals surface area contributed by atoms with Gasteiger partial charge in [0, 0.05) is 39.3 Å². The van der Waals surface area contributed by atoms with Crippen LogP contribution < -0.4 is 31.5 Å². The van der Waals surface area contributed by atoms with Crippen LogP contribution in [0.5, 0.6) is 0 Å². The van der Waals surface area contributed by atoms with Crippen LogP contribution in [-0.2, 0) is 19.2 Å². The van der Waals surface area contributed by atoms with Crippen molar-refractivity contribution in [3.63, 3.8) is 0 Å². The molecule has 0 aliphatic carbocycles. The SMILES string of the molecule is CC(=O)CNc1c(I)c(NC(C)=O)c(I)c(C(=O)[O-])c1I.CC(=O)CNc1c(I)c(NC(C)=O)c(I)c(C(=O)[O-])c1I.[Ca+2].[H-].[H-]. The molecule has 0 aliphatic heterocycles. The second kappa shape index (κ2) is 20.3. The van der Waals surface area contributed by atoms with Gasteiger partial charge in [-0.1, -0.05) is 0 Å². The van der Waals surface area contributed by atoms with Crippen LogP contribution in [0.1, 0.15) is 51.3 Å². The standard InChI is InChI=1S/2C12H11I3N2O4.Ca.2H/c2*1-4(18)3-16-10-7(13)6(12(20)21)8(14)11(9(10)15)17-5(2)19;;;/h2*16H,3H2,1-2H3,(H,17,19)(H,20,21);;;/q;;+2;2*-1/p-2. The number of benzene rings is 2. The molecule has 43 heavy (non-hydrogen) atoms. The van der Waals surface area contributed by atoms with E-state index in [1.165, 1.54) is 27.7 Å². The number of aromatic carboxylic acids is 2. The van der Waals surface area contributed by atoms with Gasteiger partial charge in [0.2, 0.25) is 11.8 Å². The first kappa shape index (κ1) is 43.9. The fraction of sp³-hybridized carbons (Fsp3) is 0.250. The molecule has 0 bridgehead atoms. The molecule has 0 atom stereocenters. The summed E-state index contributed by atoms with van der Waals surface area (Å²) in [5, 5.41) is 33.8. The Bertz CT molecular complexity index is 1390. The molecule has 0 aromatic heterocycles. The Hall–Kier alpha value is 0.900. The first-order valence-corrected chi connectivity index (χ1v) is 17.7. The van der Waals surface area contributed by atoms with E-state index in [0.29, 0.717) is 44.2 Å². The number of carbonyl (C=O) groups excluding carboxylic acids is 6. The molecular formula is C24H22CaI6N4O8-2. The van der Waals surface area contributed by atoms with E-state index in [0.717, 1.165) is 0 Å². The molecule has 0 saturated carbocycles. The Labute approximate surface area is 361 Å². The van der Waals surface area contributed by atoms with Gasteiger partial charge in [-0.15, -0.1) is 0 Å². The molecule has 2 rings (SSSR count). The van der Waals surface area contributed by atoms with Crippen LogP contribution in [-0.4, -0.2) is 86.1 Å². The van der Waals surface area contributed by atoms with Crippen LogP contribution in [0.2, 0.25) is 0 Å². The Morgan fingerprint density at radius 3 is 1.00 bits per heavy atom. The van der Waals surface area contributed by atoms with E-state index in [1.807, 2.05) is 136 Å². The van der Waals surface area contributed by atoms with Crippen LogP contribution in [0, 0.1) is 21.4 Å². The van der Waals surface area contributed by atoms with E-state index in [-0.39, 0.29) is 88.2 Å². The largest absolute Gasteiger partial charge is 2.00 e. The van der Waals surface area contributed by atoms with Crippen LogP contribution in [0.15, 0.2) is 0 Å². The number of amides is 2. The number of rotatable bonds is 10. The Morgan fingerprint density at radius 2 is 0.791 bits per heavy atom. The van der Waals surface area contributed by atoms with Gasteiger partial charge in [-0.2, -0.15) is 0 Å². The van der Waals surface area contributed by atoms with Crippen molar-refractivity contribution in [3.05, 3.63) is 32.5 Å². The molecule has 4 N–H and O–H groups in total. The molecule has 0 radical (unpaired) electrons. The minimum Gasteiger partial charge on any atom is -1.00 e. The van der Waals surface area contributed by atoms with E-state index in [2.05, 4.69) is 21.3 Å². The summed E-state index contributed by atoms with van der Waals surface area (Å²) < 4.78 is 2.95. The van der Waals surface area contributed by atoms with Gasteiger partial charge in [-0.3, -0.25) is 19.2 Å². The van der Waals surface area contributed by atoms with Gasteiger partial charge in [-0.05, 0) is 149 Å². The maximum atomic E-state index is 11.4. The molecule has 19 heteroatoms. The Balaban J connectivity index is -0.000000735. The number of hydrogen-bond donors (Lipinski definition) is 4. The van der Waals surface area contributed by atoms with Crippen molar-refractivity contribution in [2.24, 2.45) is 0 Å². The van der Waals surface area contributed by atoms with Gasteiger partial charge in [0.1, 0.15) is 11.6 Å². The monoisotopic (exact) mass is 1300 g/mol. The van der Waals surface area contributed by atoms with Crippen molar-refractivity contribution < 1.29 is 41.8 Å². The van der Waals surface area contributed by atoms with Crippen molar-refractivity contribution in [3.8, 4) is 0 Å². The van der Waals surface area contributed by atoms with E-state index < -0.39 is 11.9 Å². The summed E-state index contributed by atoms with van der Waals surface area (Å²) in [6, 6.07) is 0. The third-order valence-electron chi connectivity index (χ3n) is 4.67. The maximum Gasteiger partial charge on any atom is 2.00 e. The number of hydrogen-bond acceptors (Lipinski definition) is 10. The van der Waals surface area contributed by atoms with Gasteiger partial charge in [0.15, 0.2) is 0 Å². The molecule has 0 unspecified atom stereocenters. The number of carboxylic acids is 2. The number of carboxylic acid groups (broad SMARTS) is 2. The molecular weight excluding hydrogens is 1270 g/mol. The maximum absolute atomic E-state index is 11.4. The number of carbonyl (C=O) groups is 6. The second-order valence-electron chi connectivity index (χ2n) is 8.18. The van der Waals surface area contributed by atoms with Gasteiger partial charge in [0.05, 0.1) is 54.9 Å². The van der Waals surface area contributed by atoms with Crippen LogP contribution in [0.3, 0.4) is 0 Å². The first-order chi connectivity index (χ1) is 19.3. The molecule has 0 spiro atoms. The Morgan fingerprint density at radius 1 is 0.535 bits per heavy atom. The quantitative estimate of drug-likeness (QED) is 0.202. The molecule has 0 fully saturated rings. The van der Waals surface area contributed by atoms with Crippen molar-refractivity contribution in [1.29, 1.82) is 0 Å². The third kappa shape index (κ3) is 12.8. The third-order valence-corrected chi connectivity index (χ3v) is 11.1. The van der Waals surface area contributed by atoms with Gasteiger partial charge in [-0.25, -0.2) is 0 Å². The Kier molecular flexibility index (Phi) is 20.7. The predicted octanol–water partition coefficient (Wildman–Crippen LogP) is 3.49. The zero-order valence-electron chi connectivity index (χ0n) is 24.7. The smallest absolute Gasteiger partial charge is 1.00 e. The number of halogens is 6. The molecule has 2 amide bonds. The topological polar surface area (TPSA) is 197 Å². The van der Waals surface area contributed by atoms with Gasteiger partial charge >= 0.3 is 37.7 Å². The number of ketones is 2. The molecule has 232 valence electrons. The molecule has 0 saturated heterocycles. The van der Waals surface area contributed by atoms with Crippen LogP contribution in [0.25, 0.3) is 0 Å². The zero-order chi connectivity index (χ0) is 32.6. The van der Waals surface area contributed by atoms with Crippen LogP contribution in [0.4, 0.5) is 22.7 Å². The number of nitrogens with one attached hydrogen (secondary N) is 4. The van der Waals surface area contributed by atoms with Crippen molar-refractivity contribution in [1.82, 2.24) is 0 Å². The summed E-state index contributed by atoms with van der Waals surface area (Å²) in [7, 11) is 0.